The van der Waals surface area contributed by atoms with Crippen molar-refractivity contribution in [3.8, 4) is 0 Å². The van der Waals surface area contributed by atoms with Crippen molar-refractivity contribution in [2.75, 3.05) is 6.61 Å². The molecule has 7 heteroatoms. The highest BCUT2D eigenvalue weighted by Gasteiger charge is 2.19. The van der Waals surface area contributed by atoms with Gasteiger partial charge in [0.05, 0.1) is 6.61 Å². The number of rotatable bonds is 8. The van der Waals surface area contributed by atoms with Crippen LogP contribution in [0.2, 0.25) is 6.04 Å². The third-order valence-corrected chi connectivity index (χ3v) is 4.08. The molecule has 0 unspecified atom stereocenters. The average Bonchev–Trinajstić information content (AvgIpc) is 2.26. The van der Waals surface area contributed by atoms with E-state index in [2.05, 4.69) is 6.58 Å². The van der Waals surface area contributed by atoms with Crippen molar-refractivity contribution in [1.82, 2.24) is 0 Å². The highest BCUT2D eigenvalue weighted by Crippen LogP contribution is 2.06. The molecule has 0 aromatic rings. The third kappa shape index (κ3) is 10.0. The summed E-state index contributed by atoms with van der Waals surface area (Å²) in [6.45, 7) is 7.86. The Bertz CT molecular complexity index is 336. The van der Waals surface area contributed by atoms with Crippen molar-refractivity contribution in [2.45, 2.75) is 39.7 Å². The highest BCUT2D eigenvalue weighted by molar-refractivity contribution is 6.48. The Hall–Kier alpha value is -1.63. The van der Waals surface area contributed by atoms with E-state index in [0.29, 0.717) is 24.5 Å². The number of ether oxygens (including phenoxy) is 1. The fourth-order valence-electron chi connectivity index (χ4n) is 1.21. The molecule has 0 amide bonds. The lowest BCUT2D eigenvalue weighted by Crippen LogP contribution is -2.27. The standard InChI is InChI=1S/C12H20O6Si/c1-9(2)12(15)16-7-5-6-8-19(17-10(3)13)18-11(4)14/h19H,1,5-8H2,2-4H3. The van der Waals surface area contributed by atoms with E-state index in [9.17, 15) is 14.4 Å². The number of carbonyl (C=O) groups is 3. The van der Waals surface area contributed by atoms with Crippen LogP contribution in [0, 0.1) is 0 Å². The van der Waals surface area contributed by atoms with E-state index in [-0.39, 0.29) is 6.61 Å². The second-order valence-electron chi connectivity index (χ2n) is 4.06. The second-order valence-corrected chi connectivity index (χ2v) is 5.97. The van der Waals surface area contributed by atoms with Gasteiger partial charge in [-0.3, -0.25) is 9.59 Å². The number of carbonyl (C=O) groups excluding carboxylic acids is 3. The molecule has 0 aliphatic rings. The Morgan fingerprint density at radius 2 is 1.53 bits per heavy atom. The van der Waals surface area contributed by atoms with Gasteiger partial charge in [0.25, 0.3) is 11.9 Å². The molecule has 0 aliphatic carbocycles. The van der Waals surface area contributed by atoms with Crippen LogP contribution in [0.1, 0.15) is 33.6 Å². The van der Waals surface area contributed by atoms with Crippen molar-refractivity contribution >= 4 is 27.2 Å². The largest absolute Gasteiger partial charge is 0.487 e. The first-order chi connectivity index (χ1) is 8.82. The lowest BCUT2D eigenvalue weighted by Gasteiger charge is -2.14. The van der Waals surface area contributed by atoms with Crippen LogP contribution in [0.15, 0.2) is 12.2 Å². The fraction of sp³-hybridized carbons (Fsp3) is 0.583. The molecule has 0 fully saturated rings. The van der Waals surface area contributed by atoms with E-state index < -0.39 is 27.2 Å². The predicted octanol–water partition coefficient (Wildman–Crippen LogP) is 1.23. The smallest absolute Gasteiger partial charge is 0.448 e. The van der Waals surface area contributed by atoms with E-state index in [1.807, 2.05) is 0 Å². The quantitative estimate of drug-likeness (QED) is 0.289. The van der Waals surface area contributed by atoms with Crippen LogP contribution in [0.3, 0.4) is 0 Å². The molecule has 0 saturated carbocycles. The molecule has 19 heavy (non-hydrogen) atoms. The molecule has 0 saturated heterocycles. The van der Waals surface area contributed by atoms with E-state index in [1.165, 1.54) is 13.8 Å². The van der Waals surface area contributed by atoms with E-state index >= 15 is 0 Å². The Kier molecular flexibility index (Phi) is 8.52. The summed E-state index contributed by atoms with van der Waals surface area (Å²) in [6.07, 6.45) is 1.27. The summed E-state index contributed by atoms with van der Waals surface area (Å²) >= 11 is 0. The molecule has 0 spiro atoms. The molecule has 0 radical (unpaired) electrons. The maximum absolute atomic E-state index is 11.1. The van der Waals surface area contributed by atoms with Gasteiger partial charge in [0.2, 0.25) is 0 Å². The number of esters is 1. The minimum absolute atomic E-state index is 0.271. The normalized spacial score (nSPS) is 9.89. The highest BCUT2D eigenvalue weighted by atomic mass is 28.3. The van der Waals surface area contributed by atoms with Gasteiger partial charge in [0.1, 0.15) is 0 Å². The molecule has 0 aromatic heterocycles. The molecule has 0 aliphatic heterocycles. The summed E-state index contributed by atoms with van der Waals surface area (Å²) in [6, 6.07) is 0.504. The summed E-state index contributed by atoms with van der Waals surface area (Å²) in [4.78, 5) is 32.7. The van der Waals surface area contributed by atoms with Crippen LogP contribution in [0.4, 0.5) is 0 Å². The summed E-state index contributed by atoms with van der Waals surface area (Å²) in [5.41, 5.74) is 0.354. The van der Waals surface area contributed by atoms with Crippen LogP contribution < -0.4 is 0 Å². The predicted molar refractivity (Wildman–Crippen MR) is 70.5 cm³/mol. The van der Waals surface area contributed by atoms with Gasteiger partial charge >= 0.3 is 15.3 Å². The molecule has 108 valence electrons. The fourth-order valence-corrected chi connectivity index (χ4v) is 2.86. The van der Waals surface area contributed by atoms with Crippen molar-refractivity contribution in [2.24, 2.45) is 0 Å². The first-order valence-electron chi connectivity index (χ1n) is 6.00. The van der Waals surface area contributed by atoms with Gasteiger partial charge in [-0.2, -0.15) is 0 Å². The molecule has 0 N–H and O–H groups in total. The molecule has 0 bridgehead atoms. The first kappa shape index (κ1) is 17.4. The minimum atomic E-state index is -2.29. The zero-order valence-corrected chi connectivity index (χ0v) is 12.7. The van der Waals surface area contributed by atoms with E-state index in [4.69, 9.17) is 13.6 Å². The topological polar surface area (TPSA) is 78.9 Å². The second kappa shape index (κ2) is 9.32. The van der Waals surface area contributed by atoms with Crippen molar-refractivity contribution in [3.63, 3.8) is 0 Å². The summed E-state index contributed by atoms with van der Waals surface area (Å²) in [5, 5.41) is 0. The molecular formula is C12H20O6Si. The van der Waals surface area contributed by atoms with Gasteiger partial charge in [0.15, 0.2) is 0 Å². The van der Waals surface area contributed by atoms with Crippen LogP contribution in [-0.2, 0) is 28.0 Å². The lowest BCUT2D eigenvalue weighted by atomic mass is 10.3. The Morgan fingerprint density at radius 1 is 1.00 bits per heavy atom. The number of hydrogen-bond acceptors (Lipinski definition) is 6. The summed E-state index contributed by atoms with van der Waals surface area (Å²) < 4.78 is 14.8. The average molecular weight is 288 g/mol. The van der Waals surface area contributed by atoms with Crippen LogP contribution in [0.25, 0.3) is 0 Å². The first-order valence-corrected chi connectivity index (χ1v) is 7.76. The molecule has 0 heterocycles. The third-order valence-electron chi connectivity index (χ3n) is 2.01. The maximum atomic E-state index is 11.1. The summed E-state index contributed by atoms with van der Waals surface area (Å²) in [7, 11) is -2.29. The molecule has 0 rings (SSSR count). The summed E-state index contributed by atoms with van der Waals surface area (Å²) in [5.74, 6) is -1.33. The number of hydrogen-bond donors (Lipinski definition) is 0. The monoisotopic (exact) mass is 288 g/mol. The zero-order valence-electron chi connectivity index (χ0n) is 11.6. The van der Waals surface area contributed by atoms with Gasteiger partial charge < -0.3 is 13.6 Å². The minimum Gasteiger partial charge on any atom is -0.487 e. The SMILES string of the molecule is C=C(C)C(=O)OCCCC[SiH](OC(C)=O)OC(C)=O. The Morgan fingerprint density at radius 3 is 1.95 bits per heavy atom. The zero-order chi connectivity index (χ0) is 14.8. The van der Waals surface area contributed by atoms with E-state index in [1.54, 1.807) is 6.92 Å². The van der Waals surface area contributed by atoms with Crippen LogP contribution in [-0.4, -0.2) is 33.8 Å². The van der Waals surface area contributed by atoms with Gasteiger partial charge in [-0.15, -0.1) is 0 Å². The Balaban J connectivity index is 3.86. The van der Waals surface area contributed by atoms with Gasteiger partial charge in [0, 0.05) is 25.5 Å². The number of unbranched alkanes of at least 4 members (excludes halogenated alkanes) is 1. The van der Waals surface area contributed by atoms with Crippen molar-refractivity contribution in [3.05, 3.63) is 12.2 Å². The molecule has 0 atom stereocenters. The van der Waals surface area contributed by atoms with Gasteiger partial charge in [-0.05, 0) is 19.8 Å². The molecule has 6 nitrogen and oxygen atoms in total. The molecule has 0 aromatic carbocycles. The van der Waals surface area contributed by atoms with Crippen LogP contribution in [0.5, 0.6) is 0 Å². The van der Waals surface area contributed by atoms with Gasteiger partial charge in [-0.25, -0.2) is 4.79 Å². The lowest BCUT2D eigenvalue weighted by molar-refractivity contribution is -0.139. The van der Waals surface area contributed by atoms with Crippen LogP contribution >= 0.6 is 0 Å². The van der Waals surface area contributed by atoms with Crippen molar-refractivity contribution < 1.29 is 28.0 Å². The molecular weight excluding hydrogens is 268 g/mol. The van der Waals surface area contributed by atoms with E-state index in [0.717, 1.165) is 0 Å². The Labute approximate surface area is 114 Å². The van der Waals surface area contributed by atoms with Gasteiger partial charge in [-0.1, -0.05) is 6.58 Å². The maximum Gasteiger partial charge on any atom is 0.448 e. The van der Waals surface area contributed by atoms with Crippen molar-refractivity contribution in [1.29, 1.82) is 0 Å².